The van der Waals surface area contributed by atoms with Crippen LogP contribution >= 0.6 is 21.4 Å². The van der Waals surface area contributed by atoms with Gasteiger partial charge in [-0.2, -0.15) is 16.8 Å². The van der Waals surface area contributed by atoms with Crippen LogP contribution in [0.2, 0.25) is 0 Å². The van der Waals surface area contributed by atoms with E-state index in [1.54, 1.807) is 9.44 Å². The molecule has 0 radical (unpaired) electrons. The van der Waals surface area contributed by atoms with E-state index in [4.69, 9.17) is 21.4 Å². The maximum Gasteiger partial charge on any atom is 0.319 e. The van der Waals surface area contributed by atoms with Crippen molar-refractivity contribution in [1.82, 2.24) is 0 Å². The van der Waals surface area contributed by atoms with Crippen LogP contribution in [0.15, 0.2) is 18.2 Å². The Kier molecular flexibility index (Phi) is 3.97. The number of phenols is 1. The van der Waals surface area contributed by atoms with Crippen LogP contribution in [-0.2, 0) is 18.5 Å². The lowest BCUT2D eigenvalue weighted by Gasteiger charge is -2.09. The summed E-state index contributed by atoms with van der Waals surface area (Å²) in [6, 6.07) is 3.65. The Morgan fingerprint density at radius 3 is 1.59 bits per heavy atom. The minimum absolute atomic E-state index is 0.287. The van der Waals surface area contributed by atoms with E-state index in [1.165, 1.54) is 18.2 Å². The van der Waals surface area contributed by atoms with Gasteiger partial charge >= 0.3 is 18.5 Å². The van der Waals surface area contributed by atoms with Crippen molar-refractivity contribution in [3.63, 3.8) is 0 Å². The first-order valence-electron chi connectivity index (χ1n) is 3.85. The lowest BCUT2D eigenvalue weighted by atomic mass is 10.2. The van der Waals surface area contributed by atoms with Crippen LogP contribution in [0.25, 0.3) is 0 Å². The van der Waals surface area contributed by atoms with Gasteiger partial charge in [0, 0.05) is 21.4 Å². The van der Waals surface area contributed by atoms with Gasteiger partial charge in [0.15, 0.2) is 5.75 Å². The van der Waals surface area contributed by atoms with E-state index >= 15 is 0 Å². The summed E-state index contributed by atoms with van der Waals surface area (Å²) in [4.78, 5) is 0. The third kappa shape index (κ3) is 4.86. The normalized spacial score (nSPS) is 12.1. The van der Waals surface area contributed by atoms with Gasteiger partial charge in [-0.25, -0.2) is 0 Å². The maximum absolute atomic E-state index is 10.7. The van der Waals surface area contributed by atoms with Gasteiger partial charge < -0.3 is 5.11 Å². The maximum atomic E-state index is 10.7. The van der Waals surface area contributed by atoms with Crippen molar-refractivity contribution in [2.45, 2.75) is 0 Å². The molecule has 0 unspecified atom stereocenters. The molecular formula is C6H6Cl2N2O5S2. The molecule has 0 saturated heterocycles. The highest BCUT2D eigenvalue weighted by molar-refractivity contribution is 8.15. The van der Waals surface area contributed by atoms with Gasteiger partial charge in [-0.05, 0) is 12.1 Å². The molecular weight excluding hydrogens is 315 g/mol. The number of aromatic hydroxyl groups is 1. The zero-order valence-corrected chi connectivity index (χ0v) is 11.0. The monoisotopic (exact) mass is 320 g/mol. The lowest BCUT2D eigenvalue weighted by Crippen LogP contribution is -2.07. The van der Waals surface area contributed by atoms with Gasteiger partial charge in [-0.3, -0.25) is 9.44 Å². The molecule has 0 aliphatic heterocycles. The van der Waals surface area contributed by atoms with Crippen molar-refractivity contribution in [3.8, 4) is 5.75 Å². The van der Waals surface area contributed by atoms with Gasteiger partial charge in [0.05, 0.1) is 11.4 Å². The Labute approximate surface area is 106 Å². The largest absolute Gasteiger partial charge is 0.504 e. The second-order valence-corrected chi connectivity index (χ2v) is 7.38. The quantitative estimate of drug-likeness (QED) is 0.569. The number of halogens is 2. The number of anilines is 2. The van der Waals surface area contributed by atoms with Crippen LogP contribution < -0.4 is 9.44 Å². The highest BCUT2D eigenvalue weighted by Gasteiger charge is 2.14. The molecule has 1 aromatic rings. The molecule has 0 bridgehead atoms. The second kappa shape index (κ2) is 4.77. The highest BCUT2D eigenvalue weighted by atomic mass is 35.7. The van der Waals surface area contributed by atoms with Crippen LogP contribution in [0.5, 0.6) is 5.75 Å². The first kappa shape index (κ1) is 14.2. The Morgan fingerprint density at radius 1 is 0.941 bits per heavy atom. The van der Waals surface area contributed by atoms with Crippen LogP contribution in [-0.4, -0.2) is 21.9 Å². The lowest BCUT2D eigenvalue weighted by molar-refractivity contribution is 0.480. The molecule has 0 aliphatic rings. The summed E-state index contributed by atoms with van der Waals surface area (Å²) in [5, 5.41) is 9.54. The van der Waals surface area contributed by atoms with Crippen LogP contribution in [0.1, 0.15) is 0 Å². The zero-order valence-electron chi connectivity index (χ0n) is 7.88. The summed E-state index contributed by atoms with van der Waals surface area (Å²) in [6.45, 7) is 0. The van der Waals surface area contributed by atoms with Gasteiger partial charge in [-0.15, -0.1) is 0 Å². The first-order chi connectivity index (χ1) is 7.58. The SMILES string of the molecule is O=S(=O)(Cl)Nc1cccc(NS(=O)(=O)Cl)c1O. The molecule has 0 heterocycles. The average molecular weight is 321 g/mol. The van der Waals surface area contributed by atoms with Crippen molar-refractivity contribution >= 4 is 51.2 Å². The fourth-order valence-electron chi connectivity index (χ4n) is 0.971. The van der Waals surface area contributed by atoms with Crippen molar-refractivity contribution in [3.05, 3.63) is 18.2 Å². The van der Waals surface area contributed by atoms with E-state index < -0.39 is 24.2 Å². The Bertz CT molecular complexity index is 576. The summed E-state index contributed by atoms with van der Waals surface area (Å²) in [5.74, 6) is -0.652. The van der Waals surface area contributed by atoms with E-state index in [2.05, 4.69) is 0 Å². The second-order valence-electron chi connectivity index (χ2n) is 2.78. The van der Waals surface area contributed by atoms with E-state index in [-0.39, 0.29) is 11.4 Å². The number of phenolic OH excluding ortho intramolecular Hbond substituents is 1. The van der Waals surface area contributed by atoms with Gasteiger partial charge in [-0.1, -0.05) is 6.07 Å². The van der Waals surface area contributed by atoms with Crippen molar-refractivity contribution < 1.29 is 21.9 Å². The van der Waals surface area contributed by atoms with Gasteiger partial charge in [0.25, 0.3) is 0 Å². The summed E-state index contributed by atoms with van der Waals surface area (Å²) in [6.07, 6.45) is 0. The summed E-state index contributed by atoms with van der Waals surface area (Å²) in [7, 11) is 1.60. The van der Waals surface area contributed by atoms with Crippen LogP contribution in [0, 0.1) is 0 Å². The predicted octanol–water partition coefficient (Wildman–Crippen LogP) is 1.18. The smallest absolute Gasteiger partial charge is 0.319 e. The number of hydrogen-bond donors (Lipinski definition) is 3. The number of hydrogen-bond acceptors (Lipinski definition) is 5. The van der Waals surface area contributed by atoms with E-state index in [1.807, 2.05) is 0 Å². The molecule has 0 aliphatic carbocycles. The number of para-hydroxylation sites is 1. The molecule has 0 atom stereocenters. The van der Waals surface area contributed by atoms with E-state index in [0.717, 1.165) is 0 Å². The molecule has 1 aromatic carbocycles. The molecule has 7 nitrogen and oxygen atoms in total. The zero-order chi connectivity index (χ0) is 13.3. The molecule has 0 amide bonds. The fraction of sp³-hybridized carbons (Fsp3) is 0. The van der Waals surface area contributed by atoms with E-state index in [9.17, 15) is 21.9 Å². The number of rotatable bonds is 4. The van der Waals surface area contributed by atoms with Crippen molar-refractivity contribution in [2.24, 2.45) is 0 Å². The number of nitrogens with one attached hydrogen (secondary N) is 2. The molecule has 0 fully saturated rings. The standard InChI is InChI=1S/C6H6Cl2N2O5S2/c7-16(12,13)9-4-2-1-3-5(6(4)11)10-17(8,14)15/h1-3,9-11H. The van der Waals surface area contributed by atoms with E-state index in [0.29, 0.717) is 0 Å². The Morgan fingerprint density at radius 2 is 1.29 bits per heavy atom. The summed E-state index contributed by atoms with van der Waals surface area (Å²) < 4.78 is 46.5. The molecule has 0 aromatic heterocycles. The average Bonchev–Trinajstić information content (AvgIpc) is 2.07. The third-order valence-electron chi connectivity index (χ3n) is 1.50. The predicted molar refractivity (Wildman–Crippen MR) is 64.9 cm³/mol. The Hall–Kier alpha value is -0.900. The van der Waals surface area contributed by atoms with Gasteiger partial charge in [0.2, 0.25) is 0 Å². The third-order valence-corrected chi connectivity index (χ3v) is 2.89. The van der Waals surface area contributed by atoms with Crippen molar-refractivity contribution in [1.29, 1.82) is 0 Å². The van der Waals surface area contributed by atoms with Crippen LogP contribution in [0.4, 0.5) is 11.4 Å². The summed E-state index contributed by atoms with van der Waals surface area (Å²) >= 11 is 0. The molecule has 0 spiro atoms. The molecule has 0 saturated carbocycles. The highest BCUT2D eigenvalue weighted by Crippen LogP contribution is 2.33. The molecule has 1 rings (SSSR count). The minimum atomic E-state index is -4.11. The van der Waals surface area contributed by atoms with Gasteiger partial charge in [0.1, 0.15) is 0 Å². The molecule has 11 heteroatoms. The van der Waals surface area contributed by atoms with Crippen molar-refractivity contribution in [2.75, 3.05) is 9.44 Å². The topological polar surface area (TPSA) is 113 Å². The van der Waals surface area contributed by atoms with Crippen LogP contribution in [0.3, 0.4) is 0 Å². The Balaban J connectivity index is 3.16. The molecule has 96 valence electrons. The molecule has 3 N–H and O–H groups in total. The minimum Gasteiger partial charge on any atom is -0.504 e. The summed E-state index contributed by atoms with van der Waals surface area (Å²) in [5.41, 5.74) is -0.573. The first-order valence-corrected chi connectivity index (χ1v) is 8.47. The fourth-order valence-corrected chi connectivity index (χ4v) is 2.32. The molecule has 17 heavy (non-hydrogen) atoms. The number of benzene rings is 1.